The highest BCUT2D eigenvalue weighted by Crippen LogP contribution is 2.20. The van der Waals surface area contributed by atoms with Crippen molar-refractivity contribution >= 4 is 28.3 Å². The smallest absolute Gasteiger partial charge is 0.344 e. The number of benzene rings is 3. The second kappa shape index (κ2) is 8.27. The molecular formula is C20H15F2NO4. The molecule has 27 heavy (non-hydrogen) atoms. The first-order valence-corrected chi connectivity index (χ1v) is 8.03. The molecular weight excluding hydrogens is 356 g/mol. The average Bonchev–Trinajstić information content (AvgIpc) is 2.67. The van der Waals surface area contributed by atoms with Gasteiger partial charge in [0.2, 0.25) is 0 Å². The van der Waals surface area contributed by atoms with E-state index in [1.807, 2.05) is 30.3 Å². The second-order valence-corrected chi connectivity index (χ2v) is 5.63. The van der Waals surface area contributed by atoms with Gasteiger partial charge in [-0.25, -0.2) is 13.6 Å². The molecule has 0 aliphatic rings. The molecule has 0 unspecified atom stereocenters. The number of hydrogen-bond acceptors (Lipinski definition) is 4. The van der Waals surface area contributed by atoms with Crippen LogP contribution in [0.4, 0.5) is 14.5 Å². The van der Waals surface area contributed by atoms with Crippen molar-refractivity contribution in [2.45, 2.75) is 0 Å². The fourth-order valence-corrected chi connectivity index (χ4v) is 2.36. The summed E-state index contributed by atoms with van der Waals surface area (Å²) < 4.78 is 36.4. The standard InChI is InChI=1S/C20H15F2NO4/c21-15-6-8-18(17(22)10-15)23-19(24)11-27-20(25)12-26-16-7-5-13-3-1-2-4-14(13)9-16/h1-10H,11-12H2,(H,23,24). The lowest BCUT2D eigenvalue weighted by molar-refractivity contribution is -0.149. The van der Waals surface area contributed by atoms with E-state index in [0.29, 0.717) is 11.8 Å². The molecule has 0 bridgehead atoms. The van der Waals surface area contributed by atoms with Crippen LogP contribution >= 0.6 is 0 Å². The number of ether oxygens (including phenoxy) is 2. The van der Waals surface area contributed by atoms with Crippen LogP contribution in [0, 0.1) is 11.6 Å². The quantitative estimate of drug-likeness (QED) is 0.672. The van der Waals surface area contributed by atoms with Crippen LogP contribution in [0.2, 0.25) is 0 Å². The van der Waals surface area contributed by atoms with Gasteiger partial charge in [-0.2, -0.15) is 0 Å². The van der Waals surface area contributed by atoms with Crippen LogP contribution in [0.5, 0.6) is 5.75 Å². The lowest BCUT2D eigenvalue weighted by Gasteiger charge is -2.09. The molecule has 0 radical (unpaired) electrons. The van der Waals surface area contributed by atoms with Gasteiger partial charge in [-0.1, -0.05) is 30.3 Å². The van der Waals surface area contributed by atoms with Crippen LogP contribution < -0.4 is 10.1 Å². The maximum Gasteiger partial charge on any atom is 0.344 e. The Balaban J connectivity index is 1.46. The van der Waals surface area contributed by atoms with Gasteiger partial charge in [0.15, 0.2) is 13.2 Å². The fraction of sp³-hybridized carbons (Fsp3) is 0.100. The van der Waals surface area contributed by atoms with Crippen molar-refractivity contribution < 1.29 is 27.8 Å². The van der Waals surface area contributed by atoms with E-state index in [4.69, 9.17) is 9.47 Å². The van der Waals surface area contributed by atoms with Gasteiger partial charge >= 0.3 is 5.97 Å². The van der Waals surface area contributed by atoms with Gasteiger partial charge in [-0.3, -0.25) is 4.79 Å². The van der Waals surface area contributed by atoms with Gasteiger partial charge < -0.3 is 14.8 Å². The minimum absolute atomic E-state index is 0.204. The number of carbonyl (C=O) groups excluding carboxylic acids is 2. The third-order valence-corrected chi connectivity index (χ3v) is 3.65. The summed E-state index contributed by atoms with van der Waals surface area (Å²) in [4.78, 5) is 23.4. The summed E-state index contributed by atoms with van der Waals surface area (Å²) in [7, 11) is 0. The molecule has 3 rings (SSSR count). The number of amides is 1. The normalized spacial score (nSPS) is 10.4. The molecule has 0 aromatic heterocycles. The minimum Gasteiger partial charge on any atom is -0.482 e. The molecule has 0 heterocycles. The van der Waals surface area contributed by atoms with Gasteiger partial charge in [0, 0.05) is 6.07 Å². The van der Waals surface area contributed by atoms with Gasteiger partial charge in [-0.05, 0) is 35.0 Å². The Bertz CT molecular complexity index is 991. The van der Waals surface area contributed by atoms with Gasteiger partial charge in [0.1, 0.15) is 17.4 Å². The van der Waals surface area contributed by atoms with Crippen LogP contribution in [0.3, 0.4) is 0 Å². The van der Waals surface area contributed by atoms with E-state index in [1.54, 1.807) is 12.1 Å². The molecule has 1 N–H and O–H groups in total. The van der Waals surface area contributed by atoms with Crippen LogP contribution in [-0.2, 0) is 14.3 Å². The molecule has 0 saturated heterocycles. The first kappa shape index (κ1) is 18.3. The molecule has 0 aliphatic heterocycles. The molecule has 3 aromatic carbocycles. The number of carbonyl (C=O) groups is 2. The van der Waals surface area contributed by atoms with Crippen molar-refractivity contribution in [2.75, 3.05) is 18.5 Å². The molecule has 0 atom stereocenters. The SMILES string of the molecule is O=C(COC(=O)COc1ccc2ccccc2c1)Nc1ccc(F)cc1F. The van der Waals surface area contributed by atoms with Crippen molar-refractivity contribution in [2.24, 2.45) is 0 Å². The van der Waals surface area contributed by atoms with Gasteiger partial charge in [0.05, 0.1) is 5.69 Å². The largest absolute Gasteiger partial charge is 0.482 e. The lowest BCUT2D eigenvalue weighted by atomic mass is 10.1. The Morgan fingerprint density at radius 2 is 1.67 bits per heavy atom. The topological polar surface area (TPSA) is 64.6 Å². The monoisotopic (exact) mass is 371 g/mol. The summed E-state index contributed by atoms with van der Waals surface area (Å²) in [6, 6.07) is 15.8. The number of hydrogen-bond donors (Lipinski definition) is 1. The number of fused-ring (bicyclic) bond motifs is 1. The zero-order chi connectivity index (χ0) is 19.2. The molecule has 7 heteroatoms. The number of anilines is 1. The van der Waals surface area contributed by atoms with E-state index in [1.165, 1.54) is 0 Å². The number of nitrogens with one attached hydrogen (secondary N) is 1. The maximum absolute atomic E-state index is 13.4. The zero-order valence-corrected chi connectivity index (χ0v) is 14.1. The molecule has 1 amide bonds. The summed E-state index contributed by atoms with van der Waals surface area (Å²) >= 11 is 0. The lowest BCUT2D eigenvalue weighted by Crippen LogP contribution is -2.24. The third kappa shape index (κ3) is 5.01. The zero-order valence-electron chi connectivity index (χ0n) is 14.1. The average molecular weight is 371 g/mol. The molecule has 138 valence electrons. The first-order chi connectivity index (χ1) is 13.0. The van der Waals surface area contributed by atoms with Crippen molar-refractivity contribution in [3.8, 4) is 5.75 Å². The van der Waals surface area contributed by atoms with E-state index in [2.05, 4.69) is 5.32 Å². The summed E-state index contributed by atoms with van der Waals surface area (Å²) in [5, 5.41) is 4.19. The Labute approximate surface area is 153 Å². The predicted octanol–water partition coefficient (Wildman–Crippen LogP) is 3.68. The Morgan fingerprint density at radius 3 is 2.44 bits per heavy atom. The highest BCUT2D eigenvalue weighted by Gasteiger charge is 2.11. The molecule has 0 aliphatic carbocycles. The predicted molar refractivity (Wildman–Crippen MR) is 95.4 cm³/mol. The molecule has 3 aromatic rings. The number of halogens is 2. The molecule has 0 saturated carbocycles. The number of esters is 1. The van der Waals surface area contributed by atoms with Crippen LogP contribution in [0.15, 0.2) is 60.7 Å². The highest BCUT2D eigenvalue weighted by atomic mass is 19.1. The Kier molecular flexibility index (Phi) is 5.61. The van der Waals surface area contributed by atoms with Crippen LogP contribution in [0.25, 0.3) is 10.8 Å². The summed E-state index contributed by atoms with van der Waals surface area (Å²) in [6.45, 7) is -0.993. The second-order valence-electron chi connectivity index (χ2n) is 5.63. The van der Waals surface area contributed by atoms with Crippen LogP contribution in [-0.4, -0.2) is 25.1 Å². The van der Waals surface area contributed by atoms with E-state index in [9.17, 15) is 18.4 Å². The summed E-state index contributed by atoms with van der Waals surface area (Å²) in [6.07, 6.45) is 0. The van der Waals surface area contributed by atoms with E-state index in [-0.39, 0.29) is 12.3 Å². The minimum atomic E-state index is -0.922. The van der Waals surface area contributed by atoms with Gasteiger partial charge in [0.25, 0.3) is 5.91 Å². The molecule has 5 nitrogen and oxygen atoms in total. The summed E-state index contributed by atoms with van der Waals surface area (Å²) in [5.41, 5.74) is -0.204. The van der Waals surface area contributed by atoms with Crippen molar-refractivity contribution in [3.63, 3.8) is 0 Å². The first-order valence-electron chi connectivity index (χ1n) is 8.03. The summed E-state index contributed by atoms with van der Waals surface area (Å²) in [5.74, 6) is -2.70. The third-order valence-electron chi connectivity index (χ3n) is 3.65. The molecule has 0 spiro atoms. The van der Waals surface area contributed by atoms with E-state index >= 15 is 0 Å². The Hall–Kier alpha value is -3.48. The maximum atomic E-state index is 13.4. The number of rotatable bonds is 6. The van der Waals surface area contributed by atoms with Crippen molar-refractivity contribution in [1.29, 1.82) is 0 Å². The van der Waals surface area contributed by atoms with Crippen molar-refractivity contribution in [3.05, 3.63) is 72.3 Å². The Morgan fingerprint density at radius 1 is 0.889 bits per heavy atom. The van der Waals surface area contributed by atoms with Crippen LogP contribution in [0.1, 0.15) is 0 Å². The fourth-order valence-electron chi connectivity index (χ4n) is 2.36. The highest BCUT2D eigenvalue weighted by molar-refractivity contribution is 5.93. The van der Waals surface area contributed by atoms with E-state index in [0.717, 1.165) is 22.9 Å². The van der Waals surface area contributed by atoms with Crippen molar-refractivity contribution in [1.82, 2.24) is 0 Å². The van der Waals surface area contributed by atoms with E-state index < -0.39 is 30.1 Å². The molecule has 0 fully saturated rings. The van der Waals surface area contributed by atoms with Gasteiger partial charge in [-0.15, -0.1) is 0 Å².